The van der Waals surface area contributed by atoms with Crippen molar-refractivity contribution in [3.63, 3.8) is 0 Å². The SMILES string of the molecule is CCCc1cc(Cn2c(CC)nc3c(C)cc(C)nc32)ccc1OCc1cccc(C(=O)OC)c1Cl. The maximum atomic E-state index is 12.0. The Hall–Kier alpha value is -3.38. The Labute approximate surface area is 217 Å². The van der Waals surface area contributed by atoms with E-state index in [0.29, 0.717) is 17.1 Å². The Morgan fingerprint density at radius 3 is 2.58 bits per heavy atom. The van der Waals surface area contributed by atoms with Gasteiger partial charge in [0.1, 0.15) is 23.7 Å². The van der Waals surface area contributed by atoms with E-state index in [1.807, 2.05) is 19.1 Å². The fraction of sp³-hybridized carbons (Fsp3) is 0.345. The Morgan fingerprint density at radius 2 is 1.86 bits per heavy atom. The van der Waals surface area contributed by atoms with Crippen molar-refractivity contribution in [2.24, 2.45) is 0 Å². The number of ether oxygens (including phenoxy) is 2. The van der Waals surface area contributed by atoms with Gasteiger partial charge in [-0.1, -0.05) is 56.1 Å². The molecule has 0 saturated heterocycles. The van der Waals surface area contributed by atoms with Gasteiger partial charge in [0.15, 0.2) is 5.65 Å². The van der Waals surface area contributed by atoms with Crippen LogP contribution in [0.2, 0.25) is 5.02 Å². The smallest absolute Gasteiger partial charge is 0.339 e. The summed E-state index contributed by atoms with van der Waals surface area (Å²) in [6.45, 7) is 9.34. The lowest BCUT2D eigenvalue weighted by molar-refractivity contribution is 0.0600. The van der Waals surface area contributed by atoms with Crippen molar-refractivity contribution in [3.8, 4) is 5.75 Å². The van der Waals surface area contributed by atoms with Crippen molar-refractivity contribution < 1.29 is 14.3 Å². The number of carbonyl (C=O) groups excluding carboxylic acids is 1. The molecule has 0 unspecified atom stereocenters. The molecule has 0 fully saturated rings. The van der Waals surface area contributed by atoms with E-state index >= 15 is 0 Å². The molecule has 0 aliphatic rings. The lowest BCUT2D eigenvalue weighted by Crippen LogP contribution is -2.07. The number of aryl methyl sites for hydroxylation is 4. The van der Waals surface area contributed by atoms with Crippen LogP contribution in [-0.4, -0.2) is 27.6 Å². The minimum atomic E-state index is -0.462. The number of hydrogen-bond acceptors (Lipinski definition) is 5. The quantitative estimate of drug-likeness (QED) is 0.239. The molecule has 2 aromatic carbocycles. The van der Waals surface area contributed by atoms with Crippen LogP contribution in [0, 0.1) is 13.8 Å². The van der Waals surface area contributed by atoms with E-state index in [9.17, 15) is 4.79 Å². The number of halogens is 1. The summed E-state index contributed by atoms with van der Waals surface area (Å²) in [5.74, 6) is 1.39. The zero-order valence-electron chi connectivity index (χ0n) is 21.5. The summed E-state index contributed by atoms with van der Waals surface area (Å²) in [6.07, 6.45) is 2.72. The number of aromatic nitrogens is 3. The van der Waals surface area contributed by atoms with E-state index < -0.39 is 5.97 Å². The fourth-order valence-electron chi connectivity index (χ4n) is 4.52. The Kier molecular flexibility index (Phi) is 7.94. The van der Waals surface area contributed by atoms with E-state index in [1.165, 1.54) is 12.7 Å². The van der Waals surface area contributed by atoms with Crippen LogP contribution in [0.3, 0.4) is 0 Å². The second-order valence-electron chi connectivity index (χ2n) is 8.97. The van der Waals surface area contributed by atoms with Crippen molar-refractivity contribution in [3.05, 3.63) is 86.8 Å². The molecule has 0 aliphatic carbocycles. The number of hydrogen-bond donors (Lipinski definition) is 0. The van der Waals surface area contributed by atoms with Gasteiger partial charge in [0, 0.05) is 17.7 Å². The molecule has 0 N–H and O–H groups in total. The minimum Gasteiger partial charge on any atom is -0.489 e. The lowest BCUT2D eigenvalue weighted by Gasteiger charge is -2.15. The molecule has 4 rings (SSSR count). The van der Waals surface area contributed by atoms with Gasteiger partial charge in [0.05, 0.1) is 24.2 Å². The van der Waals surface area contributed by atoms with Crippen molar-refractivity contribution in [1.82, 2.24) is 14.5 Å². The van der Waals surface area contributed by atoms with Gasteiger partial charge >= 0.3 is 5.97 Å². The van der Waals surface area contributed by atoms with Crippen LogP contribution in [-0.2, 0) is 30.7 Å². The topological polar surface area (TPSA) is 66.2 Å². The highest BCUT2D eigenvalue weighted by molar-refractivity contribution is 6.34. The summed E-state index contributed by atoms with van der Waals surface area (Å²) < 4.78 is 13.2. The van der Waals surface area contributed by atoms with Gasteiger partial charge in [-0.2, -0.15) is 0 Å². The third kappa shape index (κ3) is 5.24. The molecule has 36 heavy (non-hydrogen) atoms. The third-order valence-electron chi connectivity index (χ3n) is 6.27. The van der Waals surface area contributed by atoms with E-state index in [-0.39, 0.29) is 6.61 Å². The molecule has 0 atom stereocenters. The number of nitrogens with zero attached hydrogens (tertiary/aromatic N) is 3. The molecule has 7 heteroatoms. The zero-order chi connectivity index (χ0) is 25.8. The van der Waals surface area contributed by atoms with E-state index in [1.54, 1.807) is 12.1 Å². The molecule has 0 radical (unpaired) electrons. The molecule has 0 bridgehead atoms. The first-order valence-electron chi connectivity index (χ1n) is 12.3. The second-order valence-corrected chi connectivity index (χ2v) is 9.35. The average molecular weight is 506 g/mol. The Morgan fingerprint density at radius 1 is 1.06 bits per heavy atom. The standard InChI is InChI=1S/C29H32ClN3O3/c1-6-9-21-15-20(16-33-25(7-2)32-27-18(3)14-19(4)31-28(27)33)12-13-24(21)36-17-22-10-8-11-23(26(22)30)29(34)35-5/h8,10-15H,6-7,9,16-17H2,1-5H3. The molecule has 0 spiro atoms. The first kappa shape index (κ1) is 25.7. The van der Waals surface area contributed by atoms with E-state index in [4.69, 9.17) is 31.0 Å². The highest BCUT2D eigenvalue weighted by atomic mass is 35.5. The summed E-state index contributed by atoms with van der Waals surface area (Å²) in [4.78, 5) is 21.7. The van der Waals surface area contributed by atoms with Crippen LogP contribution in [0.25, 0.3) is 11.2 Å². The summed E-state index contributed by atoms with van der Waals surface area (Å²) in [7, 11) is 1.34. The zero-order valence-corrected chi connectivity index (χ0v) is 22.3. The summed E-state index contributed by atoms with van der Waals surface area (Å²) in [5.41, 5.74) is 7.43. The van der Waals surface area contributed by atoms with E-state index in [0.717, 1.165) is 64.4 Å². The number of rotatable bonds is 9. The van der Waals surface area contributed by atoms with Gasteiger partial charge in [0.25, 0.3) is 0 Å². The number of fused-ring (bicyclic) bond motifs is 1. The maximum absolute atomic E-state index is 12.0. The Balaban J connectivity index is 1.61. The summed E-state index contributed by atoms with van der Waals surface area (Å²) >= 11 is 6.46. The number of pyridine rings is 1. The van der Waals surface area contributed by atoms with Crippen LogP contribution >= 0.6 is 11.6 Å². The molecule has 4 aromatic rings. The van der Waals surface area contributed by atoms with Gasteiger partial charge in [-0.05, 0) is 55.2 Å². The van der Waals surface area contributed by atoms with Crippen molar-refractivity contribution in [2.75, 3.05) is 7.11 Å². The monoisotopic (exact) mass is 505 g/mol. The predicted molar refractivity (Wildman–Crippen MR) is 143 cm³/mol. The van der Waals surface area contributed by atoms with Gasteiger partial charge in [-0.3, -0.25) is 0 Å². The fourth-order valence-corrected chi connectivity index (χ4v) is 4.78. The van der Waals surface area contributed by atoms with Gasteiger partial charge in [0.2, 0.25) is 0 Å². The van der Waals surface area contributed by atoms with Gasteiger partial charge in [-0.25, -0.2) is 14.8 Å². The van der Waals surface area contributed by atoms with Gasteiger partial charge in [-0.15, -0.1) is 0 Å². The number of benzene rings is 2. The lowest BCUT2D eigenvalue weighted by atomic mass is 10.0. The van der Waals surface area contributed by atoms with Crippen molar-refractivity contribution in [1.29, 1.82) is 0 Å². The highest BCUT2D eigenvalue weighted by Crippen LogP contribution is 2.28. The number of carbonyl (C=O) groups is 1. The normalized spacial score (nSPS) is 11.2. The molecule has 2 aromatic heterocycles. The Bertz CT molecular complexity index is 1410. The summed E-state index contributed by atoms with van der Waals surface area (Å²) in [5, 5.41) is 0.357. The van der Waals surface area contributed by atoms with Crippen molar-refractivity contribution in [2.45, 2.75) is 60.1 Å². The first-order valence-corrected chi connectivity index (χ1v) is 12.7. The molecule has 6 nitrogen and oxygen atoms in total. The molecule has 188 valence electrons. The molecule has 0 amide bonds. The van der Waals surface area contributed by atoms with Gasteiger partial charge < -0.3 is 14.0 Å². The largest absolute Gasteiger partial charge is 0.489 e. The predicted octanol–water partition coefficient (Wildman–Crippen LogP) is 6.63. The number of esters is 1. The van der Waals surface area contributed by atoms with Crippen LogP contribution < -0.4 is 4.74 Å². The third-order valence-corrected chi connectivity index (χ3v) is 6.72. The molecular formula is C29H32ClN3O3. The first-order chi connectivity index (χ1) is 17.4. The number of methoxy groups -OCH3 is 1. The van der Waals surface area contributed by atoms with E-state index in [2.05, 4.69) is 43.5 Å². The maximum Gasteiger partial charge on any atom is 0.339 e. The molecule has 2 heterocycles. The number of imidazole rings is 1. The molecule has 0 aliphatic heterocycles. The van der Waals surface area contributed by atoms with Crippen LogP contribution in [0.15, 0.2) is 42.5 Å². The van der Waals surface area contributed by atoms with Crippen LogP contribution in [0.5, 0.6) is 5.75 Å². The second kappa shape index (κ2) is 11.1. The average Bonchev–Trinajstić information content (AvgIpc) is 3.21. The van der Waals surface area contributed by atoms with Crippen LogP contribution in [0.4, 0.5) is 0 Å². The molecular weight excluding hydrogens is 474 g/mol. The van der Waals surface area contributed by atoms with Crippen molar-refractivity contribution >= 4 is 28.7 Å². The highest BCUT2D eigenvalue weighted by Gasteiger charge is 2.16. The minimum absolute atomic E-state index is 0.258. The summed E-state index contributed by atoms with van der Waals surface area (Å²) in [6, 6.07) is 13.7. The van der Waals surface area contributed by atoms with Crippen LogP contribution in [0.1, 0.15) is 64.4 Å². The molecule has 0 saturated carbocycles.